The summed E-state index contributed by atoms with van der Waals surface area (Å²) in [6.45, 7) is 19.1. The fourth-order valence-corrected chi connectivity index (χ4v) is 6.83. The van der Waals surface area contributed by atoms with Gasteiger partial charge in [0.05, 0.1) is 11.5 Å². The Hall–Kier alpha value is -4.53. The van der Waals surface area contributed by atoms with E-state index in [0.717, 1.165) is 11.1 Å². The summed E-state index contributed by atoms with van der Waals surface area (Å²) in [7, 11) is 0. The van der Waals surface area contributed by atoms with Crippen LogP contribution in [0.1, 0.15) is 110 Å². The zero-order valence-electron chi connectivity index (χ0n) is 28.3. The number of fused-ring (bicyclic) bond motifs is 4. The van der Waals surface area contributed by atoms with E-state index in [9.17, 15) is 24.0 Å². The number of hydrogen-bond donors (Lipinski definition) is 1. The van der Waals surface area contributed by atoms with Gasteiger partial charge in [0.25, 0.3) is 0 Å². The minimum absolute atomic E-state index is 0.129. The van der Waals surface area contributed by atoms with Gasteiger partial charge in [-0.3, -0.25) is 14.4 Å². The Kier molecular flexibility index (Phi) is 9.99. The molecule has 2 aromatic rings. The van der Waals surface area contributed by atoms with Crippen molar-refractivity contribution in [1.29, 1.82) is 0 Å². The Morgan fingerprint density at radius 2 is 1.36 bits per heavy atom. The van der Waals surface area contributed by atoms with Crippen LogP contribution in [0.5, 0.6) is 0 Å². The lowest BCUT2D eigenvalue weighted by Crippen LogP contribution is -2.39. The van der Waals surface area contributed by atoms with E-state index in [1.54, 1.807) is 62.1 Å². The van der Waals surface area contributed by atoms with Crippen LogP contribution in [0.4, 0.5) is 9.59 Å². The molecule has 1 fully saturated rings. The molecule has 2 aromatic carbocycles. The molecule has 9 nitrogen and oxygen atoms in total. The summed E-state index contributed by atoms with van der Waals surface area (Å²) in [5, 5.41) is 2.62. The molecule has 0 spiro atoms. The quantitative estimate of drug-likeness (QED) is 0.243. The maximum atomic E-state index is 13.0. The number of likely N-dealkylation sites (tertiary alicyclic amines) is 1. The van der Waals surface area contributed by atoms with Crippen LogP contribution in [0.2, 0.25) is 0 Å². The van der Waals surface area contributed by atoms with Crippen LogP contribution in [0, 0.1) is 10.8 Å². The van der Waals surface area contributed by atoms with Crippen LogP contribution >= 0.6 is 0 Å². The van der Waals surface area contributed by atoms with Gasteiger partial charge in [0.15, 0.2) is 17.3 Å². The molecule has 1 aliphatic heterocycles. The Morgan fingerprint density at radius 3 is 1.89 bits per heavy atom. The molecule has 9 heteroatoms. The lowest BCUT2D eigenvalue weighted by atomic mass is 9.76. The fraction of sp³-hybridized carbons (Fsp3) is 0.447. The molecule has 1 N–H and O–H groups in total. The second-order valence-electron chi connectivity index (χ2n) is 14.3. The average molecular weight is 643 g/mol. The van der Waals surface area contributed by atoms with Crippen molar-refractivity contribution >= 4 is 29.5 Å². The Bertz CT molecular complexity index is 1560. The maximum Gasteiger partial charge on any atom is 0.410 e. The highest BCUT2D eigenvalue weighted by Gasteiger charge is 2.59. The Morgan fingerprint density at radius 1 is 0.830 bits per heavy atom. The van der Waals surface area contributed by atoms with Crippen LogP contribution in [-0.4, -0.2) is 58.7 Å². The van der Waals surface area contributed by atoms with Gasteiger partial charge in [-0.1, -0.05) is 60.7 Å². The van der Waals surface area contributed by atoms with Crippen molar-refractivity contribution in [1.82, 2.24) is 10.2 Å². The summed E-state index contributed by atoms with van der Waals surface area (Å²) >= 11 is 0. The van der Waals surface area contributed by atoms with Crippen molar-refractivity contribution in [2.45, 2.75) is 84.5 Å². The molecule has 2 amide bonds. The molecule has 2 atom stereocenters. The van der Waals surface area contributed by atoms with Crippen molar-refractivity contribution in [2.24, 2.45) is 10.8 Å². The molecule has 2 aliphatic carbocycles. The summed E-state index contributed by atoms with van der Waals surface area (Å²) in [5.41, 5.74) is -0.359. The molecule has 5 rings (SSSR count). The first-order chi connectivity index (χ1) is 22.0. The van der Waals surface area contributed by atoms with Gasteiger partial charge in [-0.25, -0.2) is 9.59 Å². The summed E-state index contributed by atoms with van der Waals surface area (Å²) in [4.78, 5) is 64.7. The zero-order valence-corrected chi connectivity index (χ0v) is 28.3. The highest BCUT2D eigenvalue weighted by molar-refractivity contribution is 6.29. The van der Waals surface area contributed by atoms with E-state index in [4.69, 9.17) is 9.47 Å². The number of carbonyl (C=O) groups is 5. The predicted molar refractivity (Wildman–Crippen MR) is 180 cm³/mol. The van der Waals surface area contributed by atoms with Gasteiger partial charge < -0.3 is 19.7 Å². The number of rotatable bonds is 7. The maximum absolute atomic E-state index is 13.0. The number of ketones is 3. The summed E-state index contributed by atoms with van der Waals surface area (Å²) in [6.07, 6.45) is 4.13. The third-order valence-corrected chi connectivity index (χ3v) is 8.72. The number of nitrogens with one attached hydrogen (secondary N) is 1. The van der Waals surface area contributed by atoms with Gasteiger partial charge in [0, 0.05) is 29.8 Å². The lowest BCUT2D eigenvalue weighted by molar-refractivity contribution is 0.0179. The number of benzene rings is 2. The number of Topliss-reactive ketones (excluding diaryl/α,β-unsaturated/α-hetero) is 3. The minimum Gasteiger partial charge on any atom is -0.444 e. The monoisotopic (exact) mass is 642 g/mol. The van der Waals surface area contributed by atoms with Gasteiger partial charge in [0.1, 0.15) is 16.6 Å². The van der Waals surface area contributed by atoms with Crippen LogP contribution in [-0.2, 0) is 9.47 Å². The largest absolute Gasteiger partial charge is 0.444 e. The number of carbonyl (C=O) groups excluding carboxylic acids is 5. The molecule has 2 unspecified atom stereocenters. The zero-order chi connectivity index (χ0) is 34.8. The highest BCUT2D eigenvalue weighted by atomic mass is 16.6. The number of nitrogens with zero attached hydrogens (tertiary/aromatic N) is 1. The van der Waals surface area contributed by atoms with E-state index in [1.807, 2.05) is 45.0 Å². The van der Waals surface area contributed by atoms with Gasteiger partial charge in [-0.2, -0.15) is 0 Å². The SMILES string of the molecule is C=CCC1(CCNC(=O)OC(C)(C)C)C(=O)c2ccccc2C1=O.C=CCC12CCN(C(=O)OC(C)(C)C)C1c1ccccc1C2=O. The number of ether oxygens (including phenoxy) is 2. The highest BCUT2D eigenvalue weighted by Crippen LogP contribution is 2.57. The van der Waals surface area contributed by atoms with Gasteiger partial charge in [0.2, 0.25) is 0 Å². The van der Waals surface area contributed by atoms with Crippen LogP contribution < -0.4 is 5.32 Å². The smallest absolute Gasteiger partial charge is 0.410 e. The minimum atomic E-state index is -1.18. The van der Waals surface area contributed by atoms with Crippen LogP contribution in [0.25, 0.3) is 0 Å². The molecular formula is C38H46N2O7. The topological polar surface area (TPSA) is 119 Å². The molecule has 1 saturated heterocycles. The third kappa shape index (κ3) is 6.94. The molecule has 0 aromatic heterocycles. The molecule has 0 saturated carbocycles. The van der Waals surface area contributed by atoms with Crippen molar-refractivity contribution in [3.05, 3.63) is 96.1 Å². The van der Waals surface area contributed by atoms with Crippen molar-refractivity contribution in [3.63, 3.8) is 0 Å². The standard InChI is InChI=1S/C19H23NO4.C19H23NO3/c1-5-10-19(11-12-20-17(23)24-18(2,3)4)15(21)13-8-6-7-9-14(13)16(19)22;1-5-10-19-11-12-20(17(22)23-18(2,3)4)15(19)13-8-6-7-9-14(13)16(19)21/h5-9H,1,10-12H2,2-4H3,(H,20,23);5-9,15H,1,10-12H2,2-4H3. The molecule has 1 heterocycles. The average Bonchev–Trinajstić information content (AvgIpc) is 3.55. The Labute approximate surface area is 277 Å². The van der Waals surface area contributed by atoms with Gasteiger partial charge in [-0.15, -0.1) is 13.2 Å². The first-order valence-electron chi connectivity index (χ1n) is 16.0. The second-order valence-corrected chi connectivity index (χ2v) is 14.3. The predicted octanol–water partition coefficient (Wildman–Crippen LogP) is 7.67. The van der Waals surface area contributed by atoms with Crippen molar-refractivity contribution in [3.8, 4) is 0 Å². The van der Waals surface area contributed by atoms with E-state index in [0.29, 0.717) is 30.5 Å². The lowest BCUT2D eigenvalue weighted by Gasteiger charge is -2.32. The molecule has 0 radical (unpaired) electrons. The summed E-state index contributed by atoms with van der Waals surface area (Å²) in [5.74, 6) is -0.271. The van der Waals surface area contributed by atoms with Crippen LogP contribution in [0.3, 0.4) is 0 Å². The fourth-order valence-electron chi connectivity index (χ4n) is 6.83. The summed E-state index contributed by atoms with van der Waals surface area (Å²) in [6, 6.07) is 14.2. The first kappa shape index (κ1) is 35.3. The second kappa shape index (κ2) is 13.3. The number of alkyl carbamates (subject to hydrolysis) is 1. The third-order valence-electron chi connectivity index (χ3n) is 8.72. The molecule has 0 bridgehead atoms. The van der Waals surface area contributed by atoms with Crippen LogP contribution in [0.15, 0.2) is 73.8 Å². The van der Waals surface area contributed by atoms with Crippen molar-refractivity contribution in [2.75, 3.05) is 13.1 Å². The van der Waals surface area contributed by atoms with Crippen molar-refractivity contribution < 1.29 is 33.4 Å². The molecule has 47 heavy (non-hydrogen) atoms. The van der Waals surface area contributed by atoms with E-state index in [-0.39, 0.29) is 48.9 Å². The normalized spacial score (nSPS) is 20.8. The number of allylic oxidation sites excluding steroid dienone is 2. The van der Waals surface area contributed by atoms with Gasteiger partial charge >= 0.3 is 12.2 Å². The van der Waals surface area contributed by atoms with E-state index < -0.39 is 28.1 Å². The molecular weight excluding hydrogens is 596 g/mol. The van der Waals surface area contributed by atoms with E-state index in [1.165, 1.54) is 0 Å². The van der Waals surface area contributed by atoms with E-state index in [2.05, 4.69) is 18.5 Å². The molecule has 3 aliphatic rings. The first-order valence-corrected chi connectivity index (χ1v) is 16.0. The summed E-state index contributed by atoms with van der Waals surface area (Å²) < 4.78 is 10.7. The molecule has 250 valence electrons. The number of hydrogen-bond acceptors (Lipinski definition) is 7. The van der Waals surface area contributed by atoms with E-state index >= 15 is 0 Å². The Balaban J connectivity index is 0.000000213. The van der Waals surface area contributed by atoms with Gasteiger partial charge in [-0.05, 0) is 72.8 Å². The number of amides is 2.